The average molecular weight is 397 g/mol. The van der Waals surface area contributed by atoms with Crippen LogP contribution in [0.2, 0.25) is 0 Å². The fraction of sp³-hybridized carbons (Fsp3) is 0.0909. The van der Waals surface area contributed by atoms with E-state index in [2.05, 4.69) is 17.4 Å². The molecule has 0 aliphatic heterocycles. The molecule has 0 spiro atoms. The van der Waals surface area contributed by atoms with Crippen LogP contribution in [-0.4, -0.2) is 23.8 Å². The largest absolute Gasteiger partial charge is 1.00 e. The van der Waals surface area contributed by atoms with Crippen molar-refractivity contribution in [2.75, 3.05) is 11.9 Å². The second-order valence-corrected chi connectivity index (χ2v) is 6.47. The van der Waals surface area contributed by atoms with E-state index in [1.807, 2.05) is 36.4 Å². The summed E-state index contributed by atoms with van der Waals surface area (Å²) in [5.74, 6) is -2.05. The van der Waals surface area contributed by atoms with E-state index in [9.17, 15) is 19.8 Å². The van der Waals surface area contributed by atoms with Gasteiger partial charge in [0.25, 0.3) is 0 Å². The van der Waals surface area contributed by atoms with Gasteiger partial charge < -0.3 is 19.7 Å². The van der Waals surface area contributed by atoms with Crippen molar-refractivity contribution in [3.8, 4) is 16.9 Å². The quantitative estimate of drug-likeness (QED) is 0.610. The Bertz CT molecular complexity index is 1040. The van der Waals surface area contributed by atoms with Gasteiger partial charge in [0.05, 0.1) is 5.97 Å². The van der Waals surface area contributed by atoms with E-state index in [-0.39, 0.29) is 53.3 Å². The van der Waals surface area contributed by atoms with E-state index in [4.69, 9.17) is 4.74 Å². The zero-order valence-electron chi connectivity index (χ0n) is 15.7. The Hall–Kier alpha value is -2.80. The fourth-order valence-corrected chi connectivity index (χ4v) is 3.53. The Balaban J connectivity index is 0.00000240. The van der Waals surface area contributed by atoms with Gasteiger partial charge in [-0.1, -0.05) is 48.5 Å². The average Bonchev–Trinajstić information content (AvgIpc) is 3.00. The first kappa shape index (κ1) is 20.9. The summed E-state index contributed by atoms with van der Waals surface area (Å²) < 4.78 is 5.40. The van der Waals surface area contributed by atoms with Crippen LogP contribution in [0.25, 0.3) is 11.1 Å². The van der Waals surface area contributed by atoms with Gasteiger partial charge in [-0.25, -0.2) is 4.79 Å². The van der Waals surface area contributed by atoms with Crippen molar-refractivity contribution in [2.24, 2.45) is 0 Å². The predicted molar refractivity (Wildman–Crippen MR) is 101 cm³/mol. The number of benzene rings is 3. The van der Waals surface area contributed by atoms with E-state index < -0.39 is 17.8 Å². The van der Waals surface area contributed by atoms with Crippen LogP contribution in [0.3, 0.4) is 0 Å². The van der Waals surface area contributed by atoms with Crippen LogP contribution in [0.5, 0.6) is 5.75 Å². The number of phenols is 1. The number of nitrogens with one attached hydrogen (secondary N) is 1. The second-order valence-electron chi connectivity index (χ2n) is 6.47. The maximum atomic E-state index is 12.2. The van der Waals surface area contributed by atoms with E-state index in [1.165, 1.54) is 6.07 Å². The number of aromatic hydroxyl groups is 1. The Morgan fingerprint density at radius 3 is 2.10 bits per heavy atom. The smallest absolute Gasteiger partial charge is 0.545 e. The standard InChI is InChI=1S/C22H17NO5.Na/c24-20-11-13(9-10-18(20)21(25)26)23-22(27)28-12-19-16-7-3-1-5-14(16)15-6-2-4-8-17(15)19;/h1-11,19,24H,12H2,(H,23,27)(H,25,26);/q;+1/p-1. The molecule has 0 saturated heterocycles. The molecule has 0 radical (unpaired) electrons. The molecule has 0 fully saturated rings. The summed E-state index contributed by atoms with van der Waals surface area (Å²) in [4.78, 5) is 23.0. The van der Waals surface area contributed by atoms with Crippen molar-refractivity contribution in [1.29, 1.82) is 0 Å². The number of carbonyl (C=O) groups is 2. The maximum Gasteiger partial charge on any atom is 1.00 e. The molecule has 0 saturated carbocycles. The third-order valence-electron chi connectivity index (χ3n) is 4.81. The normalized spacial score (nSPS) is 11.7. The van der Waals surface area contributed by atoms with Crippen molar-refractivity contribution in [2.45, 2.75) is 5.92 Å². The minimum Gasteiger partial charge on any atom is -0.545 e. The van der Waals surface area contributed by atoms with Gasteiger partial charge in [0, 0.05) is 23.2 Å². The zero-order valence-corrected chi connectivity index (χ0v) is 17.7. The number of carboxylic acid groups (broad SMARTS) is 1. The van der Waals surface area contributed by atoms with Crippen LogP contribution >= 0.6 is 0 Å². The molecular weight excluding hydrogens is 381 g/mol. The molecule has 0 heterocycles. The van der Waals surface area contributed by atoms with E-state index in [1.54, 1.807) is 0 Å². The summed E-state index contributed by atoms with van der Waals surface area (Å²) in [6.45, 7) is 0.156. The molecule has 3 aromatic rings. The third kappa shape index (κ3) is 4.15. The van der Waals surface area contributed by atoms with Crippen molar-refractivity contribution >= 4 is 17.7 Å². The molecule has 4 rings (SSSR count). The third-order valence-corrected chi connectivity index (χ3v) is 4.81. The SMILES string of the molecule is O=C(Nc1ccc(C(=O)[O-])c(O)c1)OCC1c2ccccc2-c2ccccc21.[Na+]. The molecule has 29 heavy (non-hydrogen) atoms. The monoisotopic (exact) mass is 397 g/mol. The number of carbonyl (C=O) groups excluding carboxylic acids is 2. The molecule has 1 aliphatic rings. The molecule has 7 heteroatoms. The number of amides is 1. The molecule has 6 nitrogen and oxygen atoms in total. The van der Waals surface area contributed by atoms with Crippen LogP contribution in [0.15, 0.2) is 66.7 Å². The summed E-state index contributed by atoms with van der Waals surface area (Å²) in [5, 5.41) is 23.0. The van der Waals surface area contributed by atoms with Crippen LogP contribution < -0.4 is 40.0 Å². The molecule has 1 amide bonds. The van der Waals surface area contributed by atoms with Gasteiger partial charge in [0.1, 0.15) is 12.4 Å². The summed E-state index contributed by atoms with van der Waals surface area (Å²) >= 11 is 0. The minimum absolute atomic E-state index is 0. The summed E-state index contributed by atoms with van der Waals surface area (Å²) in [7, 11) is 0. The van der Waals surface area contributed by atoms with E-state index in [0.29, 0.717) is 0 Å². The zero-order chi connectivity index (χ0) is 19.7. The molecule has 1 aliphatic carbocycles. The summed E-state index contributed by atoms with van der Waals surface area (Å²) in [6.07, 6.45) is -0.692. The van der Waals surface area contributed by atoms with Gasteiger partial charge >= 0.3 is 35.7 Å². The molecule has 0 unspecified atom stereocenters. The van der Waals surface area contributed by atoms with Crippen molar-refractivity contribution < 1.29 is 54.1 Å². The fourth-order valence-electron chi connectivity index (χ4n) is 3.53. The van der Waals surface area contributed by atoms with E-state index >= 15 is 0 Å². The number of aromatic carboxylic acids is 1. The predicted octanol–water partition coefficient (Wildman–Crippen LogP) is 0.121. The van der Waals surface area contributed by atoms with Crippen molar-refractivity contribution in [3.63, 3.8) is 0 Å². The van der Waals surface area contributed by atoms with Crippen LogP contribution in [-0.2, 0) is 4.74 Å². The topological polar surface area (TPSA) is 98.7 Å². The van der Waals surface area contributed by atoms with Gasteiger partial charge in [-0.3, -0.25) is 5.32 Å². The number of anilines is 1. The number of ether oxygens (including phenoxy) is 1. The van der Waals surface area contributed by atoms with Crippen molar-refractivity contribution in [1.82, 2.24) is 0 Å². The molecule has 0 bridgehead atoms. The maximum absolute atomic E-state index is 12.2. The molecular formula is C22H16NNaO5. The molecule has 140 valence electrons. The minimum atomic E-state index is -1.50. The number of hydrogen-bond donors (Lipinski definition) is 2. The van der Waals surface area contributed by atoms with Crippen LogP contribution in [0.4, 0.5) is 10.5 Å². The molecule has 0 atom stereocenters. The van der Waals surface area contributed by atoms with Crippen LogP contribution in [0.1, 0.15) is 27.4 Å². The first-order valence-corrected chi connectivity index (χ1v) is 8.71. The number of fused-ring (bicyclic) bond motifs is 3. The Morgan fingerprint density at radius 1 is 0.966 bits per heavy atom. The Labute approximate surface area is 189 Å². The summed E-state index contributed by atoms with van der Waals surface area (Å²) in [5.41, 5.74) is 4.35. The first-order chi connectivity index (χ1) is 13.5. The van der Waals surface area contributed by atoms with Crippen LogP contribution in [0, 0.1) is 0 Å². The van der Waals surface area contributed by atoms with Gasteiger partial charge in [0.2, 0.25) is 0 Å². The van der Waals surface area contributed by atoms with Gasteiger partial charge in [-0.15, -0.1) is 0 Å². The Morgan fingerprint density at radius 2 is 1.55 bits per heavy atom. The Kier molecular flexibility index (Phi) is 6.27. The van der Waals surface area contributed by atoms with Gasteiger partial charge in [-0.2, -0.15) is 0 Å². The van der Waals surface area contributed by atoms with Crippen molar-refractivity contribution in [3.05, 3.63) is 83.4 Å². The number of hydrogen-bond acceptors (Lipinski definition) is 5. The summed E-state index contributed by atoms with van der Waals surface area (Å²) in [6, 6.07) is 19.7. The molecule has 2 N–H and O–H groups in total. The number of carboxylic acids is 1. The molecule has 3 aromatic carbocycles. The number of rotatable bonds is 4. The van der Waals surface area contributed by atoms with E-state index in [0.717, 1.165) is 34.4 Å². The first-order valence-electron chi connectivity index (χ1n) is 8.71. The van der Waals surface area contributed by atoms with Gasteiger partial charge in [0.15, 0.2) is 0 Å². The second kappa shape index (κ2) is 8.69. The molecule has 0 aromatic heterocycles. The van der Waals surface area contributed by atoms with Gasteiger partial charge in [-0.05, 0) is 34.4 Å².